The van der Waals surface area contributed by atoms with Crippen molar-refractivity contribution in [3.8, 4) is 22.6 Å². The second kappa shape index (κ2) is 8.48. The number of carbonyl (C=O) groups excluding carboxylic acids is 1. The van der Waals surface area contributed by atoms with Gasteiger partial charge in [0.1, 0.15) is 23.4 Å². The molecule has 3 N–H and O–H groups in total. The lowest BCUT2D eigenvalue weighted by molar-refractivity contribution is -0.137. The number of rotatable bonds is 6. The number of benzene rings is 3. The number of carboxylic acids is 1. The van der Waals surface area contributed by atoms with Crippen molar-refractivity contribution in [3.05, 3.63) is 82.2 Å². The van der Waals surface area contributed by atoms with Crippen molar-refractivity contribution in [2.45, 2.75) is 38.2 Å². The molecule has 0 radical (unpaired) electrons. The Balaban J connectivity index is 1.46. The van der Waals surface area contributed by atoms with Crippen LogP contribution in [0, 0.1) is 12.7 Å². The standard InChI is InChI=1S/C27H24FNO5/c1-14-17(3-2-4-18(14)27(29)32)20-7-9-22(28)26-21(20)8-10-23(26)34-16-5-6-19-15(11-25(30)31)13-33-24(19)12-16/h2-7,9,12,15,23H,8,10-11,13H2,1H3,(H2,29,32)(H,30,31). The second-order valence-electron chi connectivity index (χ2n) is 8.78. The van der Waals surface area contributed by atoms with Gasteiger partial charge in [0.25, 0.3) is 0 Å². The van der Waals surface area contributed by atoms with Crippen molar-refractivity contribution < 1.29 is 28.6 Å². The smallest absolute Gasteiger partial charge is 0.304 e. The highest BCUT2D eigenvalue weighted by atomic mass is 19.1. The van der Waals surface area contributed by atoms with E-state index in [-0.39, 0.29) is 18.2 Å². The largest absolute Gasteiger partial charge is 0.492 e. The van der Waals surface area contributed by atoms with Gasteiger partial charge in [-0.05, 0) is 60.2 Å². The van der Waals surface area contributed by atoms with Crippen LogP contribution in [0.1, 0.15) is 57.5 Å². The van der Waals surface area contributed by atoms with Crippen molar-refractivity contribution in [2.75, 3.05) is 6.61 Å². The fourth-order valence-electron chi connectivity index (χ4n) is 5.11. The van der Waals surface area contributed by atoms with Crippen LogP contribution in [0.5, 0.6) is 11.5 Å². The summed E-state index contributed by atoms with van der Waals surface area (Å²) in [7, 11) is 0. The number of fused-ring (bicyclic) bond motifs is 2. The maximum atomic E-state index is 15.0. The van der Waals surface area contributed by atoms with Gasteiger partial charge in [0.15, 0.2) is 0 Å². The SMILES string of the molecule is Cc1c(C(N)=O)cccc1-c1ccc(F)c2c1CCC2Oc1ccc2c(c1)OCC2CC(=O)O. The van der Waals surface area contributed by atoms with Crippen molar-refractivity contribution in [1.82, 2.24) is 0 Å². The maximum Gasteiger partial charge on any atom is 0.304 e. The fourth-order valence-corrected chi connectivity index (χ4v) is 5.11. The van der Waals surface area contributed by atoms with Gasteiger partial charge in [-0.2, -0.15) is 0 Å². The van der Waals surface area contributed by atoms with E-state index in [1.165, 1.54) is 6.07 Å². The number of amides is 1. The Hall–Kier alpha value is -3.87. The second-order valence-corrected chi connectivity index (χ2v) is 8.78. The lowest BCUT2D eigenvalue weighted by atomic mass is 9.91. The molecule has 5 rings (SSSR count). The van der Waals surface area contributed by atoms with Crippen LogP contribution in [-0.2, 0) is 11.2 Å². The van der Waals surface area contributed by atoms with Crippen LogP contribution in [0.25, 0.3) is 11.1 Å². The fraction of sp³-hybridized carbons (Fsp3) is 0.259. The van der Waals surface area contributed by atoms with Crippen LogP contribution >= 0.6 is 0 Å². The summed E-state index contributed by atoms with van der Waals surface area (Å²) in [6, 6.07) is 13.9. The third-order valence-corrected chi connectivity index (χ3v) is 6.74. The highest BCUT2D eigenvalue weighted by Gasteiger charge is 2.32. The Labute approximate surface area is 196 Å². The van der Waals surface area contributed by atoms with Crippen LogP contribution in [0.3, 0.4) is 0 Å². The van der Waals surface area contributed by atoms with E-state index >= 15 is 4.39 Å². The van der Waals surface area contributed by atoms with Gasteiger partial charge >= 0.3 is 5.97 Å². The van der Waals surface area contributed by atoms with E-state index in [0.29, 0.717) is 42.1 Å². The molecular formula is C27H24FNO5. The summed E-state index contributed by atoms with van der Waals surface area (Å²) in [4.78, 5) is 22.9. The molecule has 0 saturated carbocycles. The van der Waals surface area contributed by atoms with Crippen LogP contribution in [0.2, 0.25) is 0 Å². The van der Waals surface area contributed by atoms with Crippen LogP contribution in [-0.4, -0.2) is 23.6 Å². The van der Waals surface area contributed by atoms with Gasteiger partial charge in [-0.15, -0.1) is 0 Å². The molecule has 174 valence electrons. The first-order chi connectivity index (χ1) is 16.3. The molecule has 1 aliphatic carbocycles. The van der Waals surface area contributed by atoms with E-state index in [0.717, 1.165) is 27.8 Å². The molecule has 1 amide bonds. The van der Waals surface area contributed by atoms with Gasteiger partial charge in [0.2, 0.25) is 5.91 Å². The topological polar surface area (TPSA) is 98.9 Å². The lowest BCUT2D eigenvalue weighted by Gasteiger charge is -2.18. The van der Waals surface area contributed by atoms with Crippen molar-refractivity contribution in [1.29, 1.82) is 0 Å². The summed E-state index contributed by atoms with van der Waals surface area (Å²) in [6.07, 6.45) is 0.782. The molecule has 7 heteroatoms. The number of carbonyl (C=O) groups is 2. The van der Waals surface area contributed by atoms with Gasteiger partial charge in [0.05, 0.1) is 13.0 Å². The van der Waals surface area contributed by atoms with Crippen molar-refractivity contribution >= 4 is 11.9 Å². The van der Waals surface area contributed by atoms with Crippen LogP contribution in [0.15, 0.2) is 48.5 Å². The average Bonchev–Trinajstić information content (AvgIpc) is 3.39. The minimum Gasteiger partial charge on any atom is -0.492 e. The quantitative estimate of drug-likeness (QED) is 0.543. The van der Waals surface area contributed by atoms with E-state index in [4.69, 9.17) is 20.3 Å². The summed E-state index contributed by atoms with van der Waals surface area (Å²) in [6.45, 7) is 2.16. The number of hydrogen-bond donors (Lipinski definition) is 2. The number of carboxylic acid groups (broad SMARTS) is 1. The zero-order valence-corrected chi connectivity index (χ0v) is 18.6. The molecule has 0 bridgehead atoms. The Morgan fingerprint density at radius 1 is 1.18 bits per heavy atom. The molecule has 0 fully saturated rings. The number of primary amides is 1. The number of ether oxygens (including phenoxy) is 2. The number of halogens is 1. The summed E-state index contributed by atoms with van der Waals surface area (Å²) in [5, 5.41) is 9.09. The van der Waals surface area contributed by atoms with Gasteiger partial charge in [-0.1, -0.05) is 24.3 Å². The molecule has 6 nitrogen and oxygen atoms in total. The highest BCUT2D eigenvalue weighted by molar-refractivity contribution is 5.96. The molecule has 1 aliphatic heterocycles. The van der Waals surface area contributed by atoms with Gasteiger partial charge in [-0.3, -0.25) is 9.59 Å². The van der Waals surface area contributed by atoms with E-state index in [9.17, 15) is 9.59 Å². The molecule has 0 saturated heterocycles. The van der Waals surface area contributed by atoms with Crippen molar-refractivity contribution in [2.24, 2.45) is 5.73 Å². The Kier molecular flexibility index (Phi) is 5.48. The maximum absolute atomic E-state index is 15.0. The molecule has 2 unspecified atom stereocenters. The normalized spacial score (nSPS) is 18.2. The number of aliphatic carboxylic acids is 1. The molecule has 1 heterocycles. The lowest BCUT2D eigenvalue weighted by Crippen LogP contribution is -2.13. The summed E-state index contributed by atoms with van der Waals surface area (Å²) in [5.41, 5.74) is 10.7. The summed E-state index contributed by atoms with van der Waals surface area (Å²) < 4.78 is 26.9. The summed E-state index contributed by atoms with van der Waals surface area (Å²) in [5.74, 6) is -0.729. The molecule has 3 aromatic carbocycles. The summed E-state index contributed by atoms with van der Waals surface area (Å²) >= 11 is 0. The number of hydrogen-bond acceptors (Lipinski definition) is 4. The zero-order chi connectivity index (χ0) is 24.0. The van der Waals surface area contributed by atoms with E-state index in [2.05, 4.69) is 0 Å². The average molecular weight is 461 g/mol. The molecule has 0 aromatic heterocycles. The first kappa shape index (κ1) is 21.9. The van der Waals surface area contributed by atoms with E-state index in [1.807, 2.05) is 19.1 Å². The molecule has 2 aliphatic rings. The van der Waals surface area contributed by atoms with E-state index < -0.39 is 18.0 Å². The molecule has 34 heavy (non-hydrogen) atoms. The van der Waals surface area contributed by atoms with Crippen molar-refractivity contribution in [3.63, 3.8) is 0 Å². The molecular weight excluding hydrogens is 437 g/mol. The highest BCUT2D eigenvalue weighted by Crippen LogP contribution is 2.44. The Bertz CT molecular complexity index is 1320. The predicted molar refractivity (Wildman–Crippen MR) is 124 cm³/mol. The first-order valence-electron chi connectivity index (χ1n) is 11.2. The van der Waals surface area contributed by atoms with Gasteiger partial charge in [-0.25, -0.2) is 4.39 Å². The number of nitrogens with two attached hydrogens (primary N) is 1. The Morgan fingerprint density at radius 3 is 2.76 bits per heavy atom. The zero-order valence-electron chi connectivity index (χ0n) is 18.6. The van der Waals surface area contributed by atoms with Gasteiger partial charge < -0.3 is 20.3 Å². The molecule has 3 aromatic rings. The molecule has 2 atom stereocenters. The van der Waals surface area contributed by atoms with E-state index in [1.54, 1.807) is 30.3 Å². The predicted octanol–water partition coefficient (Wildman–Crippen LogP) is 4.92. The monoisotopic (exact) mass is 461 g/mol. The third kappa shape index (κ3) is 3.77. The first-order valence-corrected chi connectivity index (χ1v) is 11.2. The molecule has 0 spiro atoms. The minimum atomic E-state index is -0.868. The van der Waals surface area contributed by atoms with Crippen LogP contribution in [0.4, 0.5) is 4.39 Å². The van der Waals surface area contributed by atoms with Gasteiger partial charge in [0, 0.05) is 28.7 Å². The third-order valence-electron chi connectivity index (χ3n) is 6.74. The van der Waals surface area contributed by atoms with Crippen LogP contribution < -0.4 is 15.2 Å². The minimum absolute atomic E-state index is 0.00750. The Morgan fingerprint density at radius 2 is 2.00 bits per heavy atom.